The summed E-state index contributed by atoms with van der Waals surface area (Å²) in [6, 6.07) is -2.86. The molecule has 0 aliphatic carbocycles. The third-order valence-corrected chi connectivity index (χ3v) is 8.03. The summed E-state index contributed by atoms with van der Waals surface area (Å²) in [6.45, 7) is 8.66. The van der Waals surface area contributed by atoms with Gasteiger partial charge in [0.2, 0.25) is 17.7 Å². The lowest BCUT2D eigenvalue weighted by Crippen LogP contribution is -2.57. The smallest absolute Gasteiger partial charge is 0.329 e. The number of esters is 1. The summed E-state index contributed by atoms with van der Waals surface area (Å²) >= 11 is 0. The monoisotopic (exact) mass is 540 g/mol. The van der Waals surface area contributed by atoms with E-state index >= 15 is 0 Å². The zero-order chi connectivity index (χ0) is 26.8. The number of fused-ring (bicyclic) bond motifs is 7. The van der Waals surface area contributed by atoms with Gasteiger partial charge >= 0.3 is 5.97 Å². The van der Waals surface area contributed by atoms with Crippen LogP contribution in [0.4, 0.5) is 0 Å². The number of hydrogen-bond donors (Lipinski definition) is 4. The molecule has 1 saturated heterocycles. The van der Waals surface area contributed by atoms with Crippen LogP contribution >= 0.6 is 21.6 Å². The van der Waals surface area contributed by atoms with E-state index in [9.17, 15) is 24.0 Å². The molecule has 12 heteroatoms. The van der Waals surface area contributed by atoms with E-state index in [1.54, 1.807) is 40.7 Å². The molecule has 36 heavy (non-hydrogen) atoms. The predicted molar refractivity (Wildman–Crippen MR) is 141 cm³/mol. The second-order valence-electron chi connectivity index (χ2n) is 9.24. The summed E-state index contributed by atoms with van der Waals surface area (Å²) in [6.07, 6.45) is 4.51. The highest BCUT2D eigenvalue weighted by Gasteiger charge is 2.33. The van der Waals surface area contributed by atoms with Gasteiger partial charge in [0.15, 0.2) is 0 Å². The Morgan fingerprint density at radius 1 is 0.944 bits per heavy atom. The topological polar surface area (TPSA) is 143 Å². The molecule has 2 rings (SSSR count). The number of allylic oxidation sites excluding steroid dienone is 2. The Labute approximate surface area is 220 Å². The first-order chi connectivity index (χ1) is 17.0. The summed E-state index contributed by atoms with van der Waals surface area (Å²) in [7, 11) is 2.95. The first kappa shape index (κ1) is 29.8. The number of carbonyl (C=O) groups excluding carboxylic acids is 5. The second-order valence-corrected chi connectivity index (χ2v) is 11.9. The van der Waals surface area contributed by atoms with E-state index in [0.717, 1.165) is 0 Å². The highest BCUT2D eigenvalue weighted by atomic mass is 33.1. The molecule has 10 nitrogen and oxygen atoms in total. The fraction of sp³-hybridized carbons (Fsp3) is 0.625. The molecule has 200 valence electrons. The summed E-state index contributed by atoms with van der Waals surface area (Å²) in [5, 5.41) is 10.7. The highest BCUT2D eigenvalue weighted by Crippen LogP contribution is 2.24. The van der Waals surface area contributed by atoms with Crippen LogP contribution < -0.4 is 21.3 Å². The molecule has 0 aromatic rings. The van der Waals surface area contributed by atoms with Crippen LogP contribution in [0.1, 0.15) is 47.5 Å². The van der Waals surface area contributed by atoms with Gasteiger partial charge in [-0.2, -0.15) is 0 Å². The lowest BCUT2D eigenvalue weighted by molar-refractivity contribution is -0.153. The maximum absolute atomic E-state index is 13.2. The number of carbonyl (C=O) groups is 5. The minimum atomic E-state index is -1.00. The fourth-order valence-corrected chi connectivity index (χ4v) is 5.66. The molecule has 2 bridgehead atoms. The van der Waals surface area contributed by atoms with Crippen LogP contribution in [0.2, 0.25) is 0 Å². The minimum Gasteiger partial charge on any atom is -0.456 e. The number of nitrogens with one attached hydrogen (secondary N) is 4. The normalized spacial score (nSPS) is 29.6. The standard InChI is InChI=1S/C24H36N4O6S2/c1-6-16-21(30)28-20(14(4)5)24(33)34-15-9-7-8-10-35-36-12-17(22(31)25-16)26-23(32)19(13(2)3)27-18(29)11-15/h6-7,9,13-15,17,19-20H,8,10-12H2,1-5H3,(H,25,31)(H,26,32)(H,27,29)(H,28,30)/b9-7+,16-6-/t15?,17-,19-,20+/m1/s1. The minimum absolute atomic E-state index is 0.0445. The molecule has 4 N–H and O–H groups in total. The van der Waals surface area contributed by atoms with Crippen molar-refractivity contribution in [1.29, 1.82) is 0 Å². The molecule has 2 aliphatic rings. The van der Waals surface area contributed by atoms with Gasteiger partial charge in [0.05, 0.1) is 6.42 Å². The number of rotatable bonds is 2. The maximum Gasteiger partial charge on any atom is 0.329 e. The van der Waals surface area contributed by atoms with Crippen molar-refractivity contribution in [1.82, 2.24) is 21.3 Å². The van der Waals surface area contributed by atoms with Gasteiger partial charge in [-0.05, 0) is 31.3 Å². The molecular formula is C24H36N4O6S2. The maximum atomic E-state index is 13.2. The third kappa shape index (κ3) is 8.88. The van der Waals surface area contributed by atoms with E-state index in [2.05, 4.69) is 21.3 Å². The Morgan fingerprint density at radius 3 is 2.28 bits per heavy atom. The average Bonchev–Trinajstić information content (AvgIpc) is 2.81. The molecule has 0 aromatic heterocycles. The van der Waals surface area contributed by atoms with Crippen LogP contribution in [0.3, 0.4) is 0 Å². The van der Waals surface area contributed by atoms with Crippen molar-refractivity contribution < 1.29 is 28.7 Å². The van der Waals surface area contributed by atoms with Crippen molar-refractivity contribution in [2.24, 2.45) is 11.8 Å². The zero-order valence-corrected chi connectivity index (χ0v) is 22.9. The first-order valence-corrected chi connectivity index (χ1v) is 14.5. The van der Waals surface area contributed by atoms with Gasteiger partial charge in [0.1, 0.15) is 29.9 Å². The summed E-state index contributed by atoms with van der Waals surface area (Å²) in [5.41, 5.74) is -0.0445. The molecule has 2 aliphatic heterocycles. The number of amides is 4. The molecule has 0 saturated carbocycles. The molecule has 1 fully saturated rings. The Hall–Kier alpha value is -2.47. The Balaban J connectivity index is 2.55. The molecular weight excluding hydrogens is 504 g/mol. The van der Waals surface area contributed by atoms with Crippen molar-refractivity contribution in [2.45, 2.75) is 71.7 Å². The van der Waals surface area contributed by atoms with Crippen molar-refractivity contribution in [3.63, 3.8) is 0 Å². The van der Waals surface area contributed by atoms with Gasteiger partial charge in [-0.15, -0.1) is 0 Å². The van der Waals surface area contributed by atoms with Crippen LogP contribution in [0.5, 0.6) is 0 Å². The average molecular weight is 541 g/mol. The Bertz CT molecular complexity index is 905. The van der Waals surface area contributed by atoms with Gasteiger partial charge in [-0.1, -0.05) is 61.4 Å². The van der Waals surface area contributed by atoms with Crippen LogP contribution in [0, 0.1) is 11.8 Å². The van der Waals surface area contributed by atoms with E-state index in [0.29, 0.717) is 12.2 Å². The number of hydrogen-bond acceptors (Lipinski definition) is 8. The Morgan fingerprint density at radius 2 is 1.64 bits per heavy atom. The lowest BCUT2D eigenvalue weighted by Gasteiger charge is -2.27. The highest BCUT2D eigenvalue weighted by molar-refractivity contribution is 8.76. The van der Waals surface area contributed by atoms with Gasteiger partial charge < -0.3 is 26.0 Å². The van der Waals surface area contributed by atoms with E-state index in [-0.39, 0.29) is 29.7 Å². The van der Waals surface area contributed by atoms with Crippen LogP contribution in [-0.2, 0) is 28.7 Å². The summed E-state index contributed by atoms with van der Waals surface area (Å²) in [4.78, 5) is 65.2. The first-order valence-electron chi connectivity index (χ1n) is 12.0. The van der Waals surface area contributed by atoms with E-state index in [4.69, 9.17) is 4.74 Å². The largest absolute Gasteiger partial charge is 0.456 e. The van der Waals surface area contributed by atoms with E-state index in [1.807, 2.05) is 6.08 Å². The van der Waals surface area contributed by atoms with Crippen molar-refractivity contribution in [3.05, 3.63) is 23.9 Å². The number of ether oxygens (including phenoxy) is 1. The van der Waals surface area contributed by atoms with E-state index in [1.165, 1.54) is 27.7 Å². The zero-order valence-electron chi connectivity index (χ0n) is 21.3. The quantitative estimate of drug-likeness (QED) is 0.178. The molecule has 0 aromatic carbocycles. The van der Waals surface area contributed by atoms with Gasteiger partial charge in [-0.25, -0.2) is 4.79 Å². The third-order valence-electron chi connectivity index (χ3n) is 5.59. The van der Waals surface area contributed by atoms with Crippen molar-refractivity contribution >= 4 is 51.2 Å². The van der Waals surface area contributed by atoms with Gasteiger partial charge in [0.25, 0.3) is 5.91 Å². The van der Waals surface area contributed by atoms with Crippen molar-refractivity contribution in [2.75, 3.05) is 11.5 Å². The summed E-state index contributed by atoms with van der Waals surface area (Å²) < 4.78 is 5.65. The molecule has 4 amide bonds. The molecule has 0 radical (unpaired) electrons. The van der Waals surface area contributed by atoms with Crippen molar-refractivity contribution in [3.8, 4) is 0 Å². The van der Waals surface area contributed by atoms with Crippen LogP contribution in [0.15, 0.2) is 23.9 Å². The molecule has 2 heterocycles. The summed E-state index contributed by atoms with van der Waals surface area (Å²) in [5.74, 6) is -2.54. The fourth-order valence-electron chi connectivity index (χ4n) is 3.50. The second kappa shape index (κ2) is 14.3. The van der Waals surface area contributed by atoms with Gasteiger partial charge in [-0.3, -0.25) is 19.2 Å². The lowest BCUT2D eigenvalue weighted by atomic mass is 10.0. The van der Waals surface area contributed by atoms with Crippen LogP contribution in [-0.4, -0.2) is 65.3 Å². The van der Waals surface area contributed by atoms with E-state index < -0.39 is 53.8 Å². The van der Waals surface area contributed by atoms with Gasteiger partial charge in [0, 0.05) is 11.5 Å². The molecule has 1 unspecified atom stereocenters. The molecule has 4 atom stereocenters. The Kier molecular flexibility index (Phi) is 11.8. The SMILES string of the molecule is C/C=C1\NC(=O)[C@H]2CSSCC/C=C/C(CC(=O)N[C@H](C(C)C)C(=O)N2)OC(=O)[C@H](C(C)C)NC1=O. The predicted octanol–water partition coefficient (Wildman–Crippen LogP) is 1.43. The van der Waals surface area contributed by atoms with Crippen LogP contribution in [0.25, 0.3) is 0 Å². The molecule has 0 spiro atoms.